The summed E-state index contributed by atoms with van der Waals surface area (Å²) < 4.78 is 61.6. The minimum atomic E-state index is -4.25. The van der Waals surface area contributed by atoms with Crippen LogP contribution < -0.4 is 13.9 Å². The number of rotatable bonds is 7. The Balaban J connectivity index is 1.59. The van der Waals surface area contributed by atoms with Gasteiger partial charge in [0.1, 0.15) is 28.8 Å². The molecule has 0 aliphatic carbocycles. The first kappa shape index (κ1) is 25.4. The van der Waals surface area contributed by atoms with Gasteiger partial charge in [-0.1, -0.05) is 18.2 Å². The Kier molecular flexibility index (Phi) is 7.44. The molecule has 0 spiro atoms. The van der Waals surface area contributed by atoms with Gasteiger partial charge in [0.25, 0.3) is 10.0 Å². The number of amides is 1. The van der Waals surface area contributed by atoms with Crippen molar-refractivity contribution in [2.24, 2.45) is 0 Å². The van der Waals surface area contributed by atoms with Crippen molar-refractivity contribution in [3.8, 4) is 5.75 Å². The van der Waals surface area contributed by atoms with Crippen molar-refractivity contribution in [3.05, 3.63) is 83.9 Å². The maximum Gasteiger partial charge on any atom is 0.268 e. The molecule has 190 valence electrons. The number of anilines is 2. The second-order valence-corrected chi connectivity index (χ2v) is 10.3. The van der Waals surface area contributed by atoms with Gasteiger partial charge < -0.3 is 14.5 Å². The van der Waals surface area contributed by atoms with E-state index in [1.54, 1.807) is 42.2 Å². The highest BCUT2D eigenvalue weighted by Gasteiger charge is 2.32. The summed E-state index contributed by atoms with van der Waals surface area (Å²) in [6.07, 6.45) is 0. The highest BCUT2D eigenvalue weighted by Crippen LogP contribution is 2.31. The number of methoxy groups -OCH3 is 1. The predicted octanol–water partition coefficient (Wildman–Crippen LogP) is 3.83. The van der Waals surface area contributed by atoms with E-state index in [0.29, 0.717) is 37.4 Å². The molecule has 1 amide bonds. The Labute approximate surface area is 209 Å². The van der Waals surface area contributed by atoms with E-state index in [2.05, 4.69) is 0 Å². The van der Waals surface area contributed by atoms with Gasteiger partial charge in [-0.25, -0.2) is 17.2 Å². The van der Waals surface area contributed by atoms with Gasteiger partial charge in [-0.05, 0) is 61.0 Å². The van der Waals surface area contributed by atoms with E-state index in [-0.39, 0.29) is 22.1 Å². The Bertz CT molecular complexity index is 1340. The number of carbonyl (C=O) groups is 1. The molecule has 0 aromatic heterocycles. The Hall–Kier alpha value is -3.66. The van der Waals surface area contributed by atoms with Crippen molar-refractivity contribution in [3.63, 3.8) is 0 Å². The van der Waals surface area contributed by atoms with Crippen LogP contribution in [0.3, 0.4) is 0 Å². The number of piperazine rings is 1. The molecule has 3 aromatic carbocycles. The summed E-state index contributed by atoms with van der Waals surface area (Å²) in [6.45, 7) is 2.69. The Morgan fingerprint density at radius 1 is 0.972 bits per heavy atom. The first-order valence-electron chi connectivity index (χ1n) is 11.4. The number of ether oxygens (including phenoxy) is 1. The summed E-state index contributed by atoms with van der Waals surface area (Å²) in [5.41, 5.74) is 1.31. The summed E-state index contributed by atoms with van der Waals surface area (Å²) in [5, 5.41) is 0. The van der Waals surface area contributed by atoms with Gasteiger partial charge in [0.05, 0.1) is 18.5 Å². The quantitative estimate of drug-likeness (QED) is 0.479. The average molecular weight is 516 g/mol. The molecule has 10 heteroatoms. The lowest BCUT2D eigenvalue weighted by Crippen LogP contribution is -2.52. The van der Waals surface area contributed by atoms with Gasteiger partial charge in [0.2, 0.25) is 5.91 Å². The van der Waals surface area contributed by atoms with Crippen molar-refractivity contribution in [2.45, 2.75) is 11.8 Å². The van der Waals surface area contributed by atoms with Crippen molar-refractivity contribution < 1.29 is 26.7 Å². The maximum absolute atomic E-state index is 14.2. The fourth-order valence-corrected chi connectivity index (χ4v) is 5.81. The zero-order chi connectivity index (χ0) is 25.9. The number of benzene rings is 3. The first-order chi connectivity index (χ1) is 17.2. The molecular weight excluding hydrogens is 488 g/mol. The van der Waals surface area contributed by atoms with Crippen molar-refractivity contribution in [1.29, 1.82) is 0 Å². The van der Waals surface area contributed by atoms with Gasteiger partial charge in [-0.3, -0.25) is 9.10 Å². The highest BCUT2D eigenvalue weighted by molar-refractivity contribution is 7.93. The summed E-state index contributed by atoms with van der Waals surface area (Å²) in [5.74, 6) is -1.14. The number of halogens is 2. The van der Waals surface area contributed by atoms with Crippen LogP contribution >= 0.6 is 0 Å². The van der Waals surface area contributed by atoms with E-state index in [0.717, 1.165) is 16.4 Å². The SMILES string of the molecule is COc1ccc(C)cc1S(=O)(=O)N(CC(=O)N1CCN(c2ccccc2F)CC1)c1ccc(F)cc1. The fraction of sp³-hybridized carbons (Fsp3) is 0.269. The van der Waals surface area contributed by atoms with Crippen LogP contribution in [-0.4, -0.2) is 59.1 Å². The van der Waals surface area contributed by atoms with E-state index in [4.69, 9.17) is 4.74 Å². The molecule has 4 rings (SSSR count). The number of hydrogen-bond donors (Lipinski definition) is 0. The molecular formula is C26H27F2N3O4S. The molecule has 0 atom stereocenters. The molecule has 3 aromatic rings. The largest absolute Gasteiger partial charge is 0.495 e. The molecule has 1 aliphatic heterocycles. The number of aryl methyl sites for hydroxylation is 1. The van der Waals surface area contributed by atoms with Crippen LogP contribution in [0.5, 0.6) is 5.75 Å². The molecule has 1 heterocycles. The second kappa shape index (κ2) is 10.5. The molecule has 1 aliphatic rings. The first-order valence-corrected chi connectivity index (χ1v) is 12.8. The summed E-state index contributed by atoms with van der Waals surface area (Å²) in [7, 11) is -2.88. The lowest BCUT2D eigenvalue weighted by atomic mass is 10.2. The van der Waals surface area contributed by atoms with Gasteiger partial charge in [0.15, 0.2) is 0 Å². The van der Waals surface area contributed by atoms with Crippen LogP contribution in [-0.2, 0) is 14.8 Å². The lowest BCUT2D eigenvalue weighted by Gasteiger charge is -2.37. The van der Waals surface area contributed by atoms with Gasteiger partial charge in [-0.2, -0.15) is 0 Å². The molecule has 7 nitrogen and oxygen atoms in total. The summed E-state index contributed by atoms with van der Waals surface area (Å²) in [4.78, 5) is 16.6. The number of hydrogen-bond acceptors (Lipinski definition) is 5. The molecule has 0 N–H and O–H groups in total. The van der Waals surface area contributed by atoms with Crippen LogP contribution in [0.1, 0.15) is 5.56 Å². The van der Waals surface area contributed by atoms with E-state index in [1.165, 1.54) is 31.4 Å². The maximum atomic E-state index is 14.2. The van der Waals surface area contributed by atoms with Gasteiger partial charge >= 0.3 is 0 Å². The predicted molar refractivity (Wildman–Crippen MR) is 134 cm³/mol. The van der Waals surface area contributed by atoms with Crippen LogP contribution in [0.25, 0.3) is 0 Å². The van der Waals surface area contributed by atoms with Crippen molar-refractivity contribution in [1.82, 2.24) is 4.90 Å². The van der Waals surface area contributed by atoms with Gasteiger partial charge in [0, 0.05) is 26.2 Å². The zero-order valence-corrected chi connectivity index (χ0v) is 20.8. The summed E-state index contributed by atoms with van der Waals surface area (Å²) >= 11 is 0. The van der Waals surface area contributed by atoms with Gasteiger partial charge in [-0.15, -0.1) is 0 Å². The fourth-order valence-electron chi connectivity index (χ4n) is 4.15. The molecule has 0 radical (unpaired) electrons. The van der Waals surface area contributed by atoms with Crippen molar-refractivity contribution in [2.75, 3.05) is 49.0 Å². The highest BCUT2D eigenvalue weighted by atomic mass is 32.2. The third-order valence-corrected chi connectivity index (χ3v) is 7.90. The van der Waals surface area contributed by atoms with Crippen molar-refractivity contribution >= 4 is 27.3 Å². The zero-order valence-electron chi connectivity index (χ0n) is 20.0. The van der Waals surface area contributed by atoms with Crippen LogP contribution in [0.15, 0.2) is 71.6 Å². The molecule has 0 unspecified atom stereocenters. The second-order valence-electron chi connectivity index (χ2n) is 8.46. The third-order valence-electron chi connectivity index (χ3n) is 6.11. The molecule has 36 heavy (non-hydrogen) atoms. The van der Waals surface area contributed by atoms with Crippen LogP contribution in [0.2, 0.25) is 0 Å². The minimum absolute atomic E-state index is 0.0912. The Morgan fingerprint density at radius 2 is 1.64 bits per heavy atom. The monoisotopic (exact) mass is 515 g/mol. The number of nitrogens with zero attached hydrogens (tertiary/aromatic N) is 3. The molecule has 1 saturated heterocycles. The Morgan fingerprint density at radius 3 is 2.28 bits per heavy atom. The molecule has 1 fully saturated rings. The normalized spacial score (nSPS) is 14.0. The van der Waals surface area contributed by atoms with E-state index >= 15 is 0 Å². The molecule has 0 saturated carbocycles. The topological polar surface area (TPSA) is 70.2 Å². The lowest BCUT2D eigenvalue weighted by molar-refractivity contribution is -0.129. The summed E-state index contributed by atoms with van der Waals surface area (Å²) in [6, 6.07) is 16.1. The minimum Gasteiger partial charge on any atom is -0.495 e. The van der Waals surface area contributed by atoms with E-state index < -0.39 is 28.3 Å². The molecule has 0 bridgehead atoms. The third kappa shape index (κ3) is 5.28. The van der Waals surface area contributed by atoms with E-state index in [9.17, 15) is 22.0 Å². The van der Waals surface area contributed by atoms with Crippen LogP contribution in [0, 0.1) is 18.6 Å². The van der Waals surface area contributed by atoms with Crippen LogP contribution in [0.4, 0.5) is 20.2 Å². The number of carbonyl (C=O) groups excluding carboxylic acids is 1. The smallest absolute Gasteiger partial charge is 0.268 e. The number of para-hydroxylation sites is 1. The standard InChI is InChI=1S/C26H27F2N3O4S/c1-19-7-12-24(35-2)25(17-19)36(33,34)31(21-10-8-20(27)9-11-21)18-26(32)30-15-13-29(14-16-30)23-6-4-3-5-22(23)28/h3-12,17H,13-16,18H2,1-2H3. The average Bonchev–Trinajstić information content (AvgIpc) is 2.88. The number of sulfonamides is 1. The van der Waals surface area contributed by atoms with E-state index in [1.807, 2.05) is 4.90 Å².